The highest BCUT2D eigenvalue weighted by Crippen LogP contribution is 2.22. The number of nitrogens with zero attached hydrogens (tertiary/aromatic N) is 1. The van der Waals surface area contributed by atoms with Crippen LogP contribution in [0.1, 0.15) is 15.9 Å². The molecule has 0 aliphatic carbocycles. The lowest BCUT2D eigenvalue weighted by molar-refractivity contribution is 0.0696. The number of halogens is 2. The topological polar surface area (TPSA) is 59.4 Å². The van der Waals surface area contributed by atoms with Crippen LogP contribution in [0.4, 0.5) is 0 Å². The van der Waals surface area contributed by atoms with Crippen molar-refractivity contribution in [1.29, 1.82) is 0 Å². The van der Waals surface area contributed by atoms with Gasteiger partial charge in [-0.25, -0.2) is 4.79 Å². The third-order valence-electron chi connectivity index (χ3n) is 2.37. The zero-order valence-electron chi connectivity index (χ0n) is 9.64. The second-order valence-electron chi connectivity index (χ2n) is 3.74. The van der Waals surface area contributed by atoms with Gasteiger partial charge in [0.1, 0.15) is 12.4 Å². The van der Waals surface area contributed by atoms with Crippen LogP contribution in [0.5, 0.6) is 5.75 Å². The number of carbonyl (C=O) groups is 1. The molecule has 0 aliphatic rings. The van der Waals surface area contributed by atoms with E-state index in [-0.39, 0.29) is 5.56 Å². The molecule has 0 spiro atoms. The minimum Gasteiger partial charge on any atom is -0.487 e. The van der Waals surface area contributed by atoms with Gasteiger partial charge in [-0.2, -0.15) is 0 Å². The largest absolute Gasteiger partial charge is 0.487 e. The molecule has 0 amide bonds. The average molecular weight is 387 g/mol. The maximum absolute atomic E-state index is 10.8. The van der Waals surface area contributed by atoms with E-state index in [2.05, 4.69) is 36.8 Å². The first kappa shape index (κ1) is 14.0. The van der Waals surface area contributed by atoms with Crippen LogP contribution in [0.25, 0.3) is 0 Å². The maximum Gasteiger partial charge on any atom is 0.335 e. The van der Waals surface area contributed by atoms with E-state index >= 15 is 0 Å². The highest BCUT2D eigenvalue weighted by atomic mass is 79.9. The number of hydrogen-bond donors (Lipinski definition) is 1. The zero-order valence-corrected chi connectivity index (χ0v) is 12.8. The molecule has 0 atom stereocenters. The minimum absolute atomic E-state index is 0.236. The molecule has 2 aromatic rings. The van der Waals surface area contributed by atoms with E-state index < -0.39 is 5.97 Å². The van der Waals surface area contributed by atoms with Crippen molar-refractivity contribution in [2.75, 3.05) is 0 Å². The molecule has 6 heteroatoms. The normalized spacial score (nSPS) is 10.2. The Bertz CT molecular complexity index is 617. The summed E-state index contributed by atoms with van der Waals surface area (Å²) in [5, 5.41) is 8.87. The molecule has 98 valence electrons. The van der Waals surface area contributed by atoms with E-state index in [0.717, 1.165) is 10.0 Å². The van der Waals surface area contributed by atoms with Gasteiger partial charge in [0.2, 0.25) is 0 Å². The van der Waals surface area contributed by atoms with Crippen LogP contribution in [-0.2, 0) is 6.61 Å². The fourth-order valence-corrected chi connectivity index (χ4v) is 2.27. The SMILES string of the molecule is O=C(O)c1ccc(COc2cncc(Br)c2)c(Br)c1. The van der Waals surface area contributed by atoms with E-state index in [9.17, 15) is 4.79 Å². The van der Waals surface area contributed by atoms with Crippen molar-refractivity contribution in [2.45, 2.75) is 6.61 Å². The fourth-order valence-electron chi connectivity index (χ4n) is 1.43. The number of carboxylic acid groups (broad SMARTS) is 1. The molecule has 0 bridgehead atoms. The number of rotatable bonds is 4. The molecular formula is C13H9Br2NO3. The number of hydrogen-bond acceptors (Lipinski definition) is 3. The first-order chi connectivity index (χ1) is 9.06. The molecule has 0 saturated heterocycles. The number of carboxylic acids is 1. The van der Waals surface area contributed by atoms with Gasteiger partial charge in [0.15, 0.2) is 0 Å². The summed E-state index contributed by atoms with van der Waals surface area (Å²) in [5.41, 5.74) is 1.10. The van der Waals surface area contributed by atoms with Crippen LogP contribution < -0.4 is 4.74 Å². The van der Waals surface area contributed by atoms with Crippen LogP contribution in [0.2, 0.25) is 0 Å². The van der Waals surface area contributed by atoms with Gasteiger partial charge < -0.3 is 9.84 Å². The molecule has 19 heavy (non-hydrogen) atoms. The first-order valence-electron chi connectivity index (χ1n) is 5.31. The van der Waals surface area contributed by atoms with Gasteiger partial charge >= 0.3 is 5.97 Å². The molecule has 0 radical (unpaired) electrons. The Balaban J connectivity index is 2.10. The van der Waals surface area contributed by atoms with Crippen molar-refractivity contribution >= 4 is 37.8 Å². The molecule has 1 aromatic heterocycles. The van der Waals surface area contributed by atoms with E-state index in [1.807, 2.05) is 6.07 Å². The van der Waals surface area contributed by atoms with E-state index in [1.54, 1.807) is 30.6 Å². The van der Waals surface area contributed by atoms with Crippen molar-refractivity contribution in [3.63, 3.8) is 0 Å². The Morgan fingerprint density at radius 3 is 2.68 bits per heavy atom. The molecule has 0 saturated carbocycles. The van der Waals surface area contributed by atoms with E-state index in [0.29, 0.717) is 16.8 Å². The molecule has 4 nitrogen and oxygen atoms in total. The molecule has 0 fully saturated rings. The fraction of sp³-hybridized carbons (Fsp3) is 0.0769. The maximum atomic E-state index is 10.8. The third kappa shape index (κ3) is 3.78. The first-order valence-corrected chi connectivity index (χ1v) is 6.90. The van der Waals surface area contributed by atoms with Crippen LogP contribution >= 0.6 is 31.9 Å². The summed E-state index contributed by atoms with van der Waals surface area (Å²) in [6.45, 7) is 0.332. The summed E-state index contributed by atoms with van der Waals surface area (Å²) in [7, 11) is 0. The van der Waals surface area contributed by atoms with Crippen LogP contribution in [0, 0.1) is 0 Å². The second-order valence-corrected chi connectivity index (χ2v) is 5.51. The van der Waals surface area contributed by atoms with Crippen LogP contribution in [0.15, 0.2) is 45.6 Å². The van der Waals surface area contributed by atoms with E-state index in [4.69, 9.17) is 9.84 Å². The van der Waals surface area contributed by atoms with Crippen molar-refractivity contribution in [3.8, 4) is 5.75 Å². The Kier molecular flexibility index (Phi) is 4.55. The lowest BCUT2D eigenvalue weighted by Gasteiger charge is -2.08. The molecule has 0 aliphatic heterocycles. The van der Waals surface area contributed by atoms with Gasteiger partial charge in [-0.3, -0.25) is 4.98 Å². The highest BCUT2D eigenvalue weighted by molar-refractivity contribution is 9.10. The van der Waals surface area contributed by atoms with Crippen LogP contribution in [-0.4, -0.2) is 16.1 Å². The van der Waals surface area contributed by atoms with Crippen molar-refractivity contribution in [2.24, 2.45) is 0 Å². The number of pyridine rings is 1. The quantitative estimate of drug-likeness (QED) is 0.865. The summed E-state index contributed by atoms with van der Waals surface area (Å²) < 4.78 is 7.13. The highest BCUT2D eigenvalue weighted by Gasteiger charge is 2.07. The zero-order chi connectivity index (χ0) is 13.8. The van der Waals surface area contributed by atoms with Gasteiger partial charge in [0.25, 0.3) is 0 Å². The number of aromatic carboxylic acids is 1. The monoisotopic (exact) mass is 385 g/mol. The van der Waals surface area contributed by atoms with Crippen LogP contribution in [0.3, 0.4) is 0 Å². The van der Waals surface area contributed by atoms with Gasteiger partial charge in [-0.15, -0.1) is 0 Å². The van der Waals surface area contributed by atoms with Gasteiger partial charge in [-0.05, 0) is 34.1 Å². The molecule has 0 unspecified atom stereocenters. The molecule has 1 heterocycles. The van der Waals surface area contributed by atoms with E-state index in [1.165, 1.54) is 0 Å². The standard InChI is InChI=1S/C13H9Br2NO3/c14-10-4-11(6-16-5-10)19-7-9-2-1-8(13(17)18)3-12(9)15/h1-6H,7H2,(H,17,18). The number of benzene rings is 1. The van der Waals surface area contributed by atoms with Crippen molar-refractivity contribution in [1.82, 2.24) is 4.98 Å². The van der Waals surface area contributed by atoms with Gasteiger partial charge in [-0.1, -0.05) is 22.0 Å². The van der Waals surface area contributed by atoms with Gasteiger partial charge in [0.05, 0.1) is 11.8 Å². The number of ether oxygens (including phenoxy) is 1. The molecule has 1 aromatic carbocycles. The Morgan fingerprint density at radius 2 is 2.05 bits per heavy atom. The van der Waals surface area contributed by atoms with Crippen molar-refractivity contribution in [3.05, 3.63) is 56.7 Å². The predicted molar refractivity (Wildman–Crippen MR) is 77.4 cm³/mol. The average Bonchev–Trinajstić information content (AvgIpc) is 2.37. The smallest absolute Gasteiger partial charge is 0.335 e. The molecule has 2 rings (SSSR count). The van der Waals surface area contributed by atoms with Gasteiger partial charge in [0, 0.05) is 20.7 Å². The molecule has 1 N–H and O–H groups in total. The summed E-state index contributed by atoms with van der Waals surface area (Å²) >= 11 is 6.65. The predicted octanol–water partition coefficient (Wildman–Crippen LogP) is 3.88. The Labute approximate surface area is 126 Å². The lowest BCUT2D eigenvalue weighted by Crippen LogP contribution is -2.00. The number of aromatic nitrogens is 1. The third-order valence-corrected chi connectivity index (χ3v) is 3.55. The summed E-state index contributed by atoms with van der Waals surface area (Å²) in [6, 6.07) is 6.64. The molecular weight excluding hydrogens is 378 g/mol. The summed E-state index contributed by atoms with van der Waals surface area (Å²) in [6.07, 6.45) is 3.29. The Morgan fingerprint density at radius 1 is 1.26 bits per heavy atom. The lowest BCUT2D eigenvalue weighted by atomic mass is 10.1. The Hall–Kier alpha value is -1.40. The second kappa shape index (κ2) is 6.16. The minimum atomic E-state index is -0.954. The van der Waals surface area contributed by atoms with Crippen molar-refractivity contribution < 1.29 is 14.6 Å². The summed E-state index contributed by atoms with van der Waals surface area (Å²) in [4.78, 5) is 14.8. The summed E-state index contributed by atoms with van der Waals surface area (Å²) in [5.74, 6) is -0.312.